The summed E-state index contributed by atoms with van der Waals surface area (Å²) < 4.78 is 5.45. The molecule has 0 aliphatic carbocycles. The van der Waals surface area contributed by atoms with Crippen molar-refractivity contribution in [3.63, 3.8) is 0 Å². The molecule has 3 nitrogen and oxygen atoms in total. The molecule has 2 heterocycles. The van der Waals surface area contributed by atoms with E-state index in [1.807, 2.05) is 0 Å². The van der Waals surface area contributed by atoms with E-state index in [9.17, 15) is 5.11 Å². The molecule has 0 aromatic rings. The zero-order valence-corrected chi connectivity index (χ0v) is 8.44. The maximum Gasteiger partial charge on any atom is 0.0665 e. The van der Waals surface area contributed by atoms with Gasteiger partial charge in [0, 0.05) is 31.0 Å². The molecule has 0 amide bonds. The Balaban J connectivity index is 2.03. The Bertz CT molecular complexity index is 170. The number of hydrogen-bond donors (Lipinski definition) is 1. The van der Waals surface area contributed by atoms with Gasteiger partial charge in [0.2, 0.25) is 0 Å². The van der Waals surface area contributed by atoms with Crippen LogP contribution in [0.2, 0.25) is 0 Å². The smallest absolute Gasteiger partial charge is 0.0665 e. The fourth-order valence-electron chi connectivity index (χ4n) is 2.37. The van der Waals surface area contributed by atoms with Crippen LogP contribution in [0.3, 0.4) is 0 Å². The summed E-state index contributed by atoms with van der Waals surface area (Å²) in [6, 6.07) is 0.593. The average Bonchev–Trinajstić information content (AvgIpc) is 2.02. The Labute approximate surface area is 79.7 Å². The number of hydrogen-bond acceptors (Lipinski definition) is 3. The van der Waals surface area contributed by atoms with Crippen molar-refractivity contribution in [1.29, 1.82) is 0 Å². The van der Waals surface area contributed by atoms with Crippen molar-refractivity contribution in [3.05, 3.63) is 0 Å². The summed E-state index contributed by atoms with van der Waals surface area (Å²) in [4.78, 5) is 2.45. The van der Waals surface area contributed by atoms with Crippen molar-refractivity contribution in [3.8, 4) is 0 Å². The molecule has 2 aliphatic rings. The van der Waals surface area contributed by atoms with Gasteiger partial charge in [-0.3, -0.25) is 0 Å². The molecule has 0 radical (unpaired) electrons. The second-order valence-electron chi connectivity index (χ2n) is 4.60. The third-order valence-corrected chi connectivity index (χ3v) is 3.30. The molecule has 2 bridgehead atoms. The fraction of sp³-hybridized carbons (Fsp3) is 1.00. The van der Waals surface area contributed by atoms with Crippen LogP contribution in [-0.4, -0.2) is 48.5 Å². The van der Waals surface area contributed by atoms with Gasteiger partial charge in [-0.05, 0) is 13.8 Å². The highest BCUT2D eigenvalue weighted by molar-refractivity contribution is 4.90. The van der Waals surface area contributed by atoms with Crippen molar-refractivity contribution in [2.75, 3.05) is 26.3 Å². The summed E-state index contributed by atoms with van der Waals surface area (Å²) in [5, 5.41) is 9.88. The Morgan fingerprint density at radius 1 is 1.23 bits per heavy atom. The van der Waals surface area contributed by atoms with E-state index in [0.29, 0.717) is 17.9 Å². The summed E-state index contributed by atoms with van der Waals surface area (Å²) >= 11 is 0. The predicted molar refractivity (Wildman–Crippen MR) is 50.5 cm³/mol. The van der Waals surface area contributed by atoms with E-state index in [1.54, 1.807) is 0 Å². The summed E-state index contributed by atoms with van der Waals surface area (Å²) in [5.41, 5.74) is 0. The number of piperidine rings is 1. The van der Waals surface area contributed by atoms with Crippen LogP contribution in [0.15, 0.2) is 0 Å². The Kier molecular flexibility index (Phi) is 2.58. The highest BCUT2D eigenvalue weighted by Crippen LogP contribution is 2.28. The maximum atomic E-state index is 9.88. The van der Waals surface area contributed by atoms with Crippen molar-refractivity contribution >= 4 is 0 Å². The van der Waals surface area contributed by atoms with Gasteiger partial charge in [-0.2, -0.15) is 0 Å². The molecule has 0 aromatic carbocycles. The second kappa shape index (κ2) is 3.56. The Morgan fingerprint density at radius 2 is 1.77 bits per heavy atom. The highest BCUT2D eigenvalue weighted by Gasteiger charge is 2.39. The monoisotopic (exact) mass is 185 g/mol. The molecule has 2 unspecified atom stereocenters. The normalized spacial score (nSPS) is 41.1. The van der Waals surface area contributed by atoms with E-state index < -0.39 is 0 Å². The highest BCUT2D eigenvalue weighted by atomic mass is 16.5. The quantitative estimate of drug-likeness (QED) is 0.639. The molecule has 2 rings (SSSR count). The molecular weight excluding hydrogens is 166 g/mol. The number of likely N-dealkylation sites (tertiary alicyclic amines) is 1. The van der Waals surface area contributed by atoms with Gasteiger partial charge in [-0.1, -0.05) is 0 Å². The number of fused-ring (bicyclic) bond motifs is 2. The third-order valence-electron chi connectivity index (χ3n) is 3.30. The van der Waals surface area contributed by atoms with E-state index in [0.717, 1.165) is 26.3 Å². The molecule has 13 heavy (non-hydrogen) atoms. The summed E-state index contributed by atoms with van der Waals surface area (Å²) in [7, 11) is 0. The standard InChI is InChI=1S/C10H19NO2/c1-7(2)11-3-8-5-13-6-9(4-11)10(8)12/h7-10,12H,3-6H2,1-2H3. The van der Waals surface area contributed by atoms with E-state index >= 15 is 0 Å². The number of ether oxygens (including phenoxy) is 1. The van der Waals surface area contributed by atoms with Crippen molar-refractivity contribution < 1.29 is 9.84 Å². The maximum absolute atomic E-state index is 9.88. The minimum atomic E-state index is -0.122. The largest absolute Gasteiger partial charge is 0.392 e. The van der Waals surface area contributed by atoms with Gasteiger partial charge in [0.1, 0.15) is 0 Å². The lowest BCUT2D eigenvalue weighted by Crippen LogP contribution is -2.56. The first kappa shape index (κ1) is 9.44. The predicted octanol–water partition coefficient (Wildman–Crippen LogP) is 0.334. The molecule has 2 fully saturated rings. The van der Waals surface area contributed by atoms with E-state index in [-0.39, 0.29) is 6.10 Å². The number of aliphatic hydroxyl groups excluding tert-OH is 1. The van der Waals surface area contributed by atoms with E-state index in [4.69, 9.17) is 4.74 Å². The lowest BCUT2D eigenvalue weighted by Gasteiger charge is -2.46. The Hall–Kier alpha value is -0.120. The van der Waals surface area contributed by atoms with Gasteiger partial charge >= 0.3 is 0 Å². The molecule has 3 heteroatoms. The molecule has 2 saturated heterocycles. The summed E-state index contributed by atoms with van der Waals surface area (Å²) in [5.74, 6) is 0.685. The first-order valence-corrected chi connectivity index (χ1v) is 5.18. The van der Waals surface area contributed by atoms with Gasteiger partial charge in [-0.15, -0.1) is 0 Å². The van der Waals surface area contributed by atoms with Crippen molar-refractivity contribution in [1.82, 2.24) is 4.90 Å². The first-order chi connectivity index (χ1) is 6.18. The zero-order chi connectivity index (χ0) is 9.42. The zero-order valence-electron chi connectivity index (χ0n) is 8.44. The lowest BCUT2D eigenvalue weighted by atomic mass is 9.84. The molecule has 0 spiro atoms. The molecule has 0 aromatic heterocycles. The topological polar surface area (TPSA) is 32.7 Å². The van der Waals surface area contributed by atoms with Crippen molar-refractivity contribution in [2.45, 2.75) is 26.0 Å². The van der Waals surface area contributed by atoms with Gasteiger partial charge in [0.05, 0.1) is 19.3 Å². The molecule has 76 valence electrons. The van der Waals surface area contributed by atoms with Crippen LogP contribution < -0.4 is 0 Å². The Morgan fingerprint density at radius 3 is 2.23 bits per heavy atom. The van der Waals surface area contributed by atoms with Crippen LogP contribution in [0.5, 0.6) is 0 Å². The van der Waals surface area contributed by atoms with Gasteiger partial charge < -0.3 is 14.7 Å². The molecule has 2 atom stereocenters. The molecular formula is C10H19NO2. The minimum absolute atomic E-state index is 0.122. The van der Waals surface area contributed by atoms with E-state index in [2.05, 4.69) is 18.7 Å². The molecule has 2 aliphatic heterocycles. The van der Waals surface area contributed by atoms with Gasteiger partial charge in [0.25, 0.3) is 0 Å². The van der Waals surface area contributed by atoms with Crippen LogP contribution >= 0.6 is 0 Å². The van der Waals surface area contributed by atoms with Crippen molar-refractivity contribution in [2.24, 2.45) is 11.8 Å². The van der Waals surface area contributed by atoms with Gasteiger partial charge in [0.15, 0.2) is 0 Å². The fourth-order valence-corrected chi connectivity index (χ4v) is 2.37. The van der Waals surface area contributed by atoms with Gasteiger partial charge in [-0.25, -0.2) is 0 Å². The van der Waals surface area contributed by atoms with Crippen LogP contribution in [0.4, 0.5) is 0 Å². The number of aliphatic hydroxyl groups is 1. The van der Waals surface area contributed by atoms with Crippen LogP contribution in [0, 0.1) is 11.8 Å². The summed E-state index contributed by atoms with van der Waals surface area (Å²) in [6.07, 6.45) is -0.122. The minimum Gasteiger partial charge on any atom is -0.392 e. The third kappa shape index (κ3) is 1.73. The van der Waals surface area contributed by atoms with Crippen LogP contribution in [-0.2, 0) is 4.74 Å². The number of rotatable bonds is 1. The second-order valence-corrected chi connectivity index (χ2v) is 4.60. The summed E-state index contributed by atoms with van der Waals surface area (Å²) in [6.45, 7) is 7.90. The molecule has 1 N–H and O–H groups in total. The number of nitrogens with zero attached hydrogens (tertiary/aromatic N) is 1. The van der Waals surface area contributed by atoms with Crippen LogP contribution in [0.25, 0.3) is 0 Å². The SMILES string of the molecule is CC(C)N1CC2COCC(C1)C2O. The lowest BCUT2D eigenvalue weighted by molar-refractivity contribution is -0.128. The average molecular weight is 185 g/mol. The first-order valence-electron chi connectivity index (χ1n) is 5.18. The molecule has 0 saturated carbocycles. The van der Waals surface area contributed by atoms with Crippen LogP contribution in [0.1, 0.15) is 13.8 Å². The van der Waals surface area contributed by atoms with E-state index in [1.165, 1.54) is 0 Å².